The Kier molecular flexibility index (Phi) is 5.18. The topological polar surface area (TPSA) is 41.6 Å². The van der Waals surface area contributed by atoms with E-state index in [1.807, 2.05) is 39.0 Å². The van der Waals surface area contributed by atoms with Crippen LogP contribution in [0.5, 0.6) is 0 Å². The van der Waals surface area contributed by atoms with Gasteiger partial charge in [-0.3, -0.25) is 9.69 Å². The highest BCUT2D eigenvalue weighted by Crippen LogP contribution is 2.20. The quantitative estimate of drug-likeness (QED) is 0.919. The molecule has 1 saturated heterocycles. The SMILES string of the molecule is Cc1cc(NC(=O)CN2CC(C)OC(C)C2)ccc1Br. The highest BCUT2D eigenvalue weighted by atomic mass is 79.9. The monoisotopic (exact) mass is 340 g/mol. The molecule has 1 aromatic rings. The van der Waals surface area contributed by atoms with Crippen molar-refractivity contribution in [3.05, 3.63) is 28.2 Å². The second-order valence-electron chi connectivity index (χ2n) is 5.46. The highest BCUT2D eigenvalue weighted by Gasteiger charge is 2.23. The third kappa shape index (κ3) is 4.30. The van der Waals surface area contributed by atoms with Crippen LogP contribution >= 0.6 is 15.9 Å². The van der Waals surface area contributed by atoms with Gasteiger partial charge in [0, 0.05) is 23.2 Å². The van der Waals surface area contributed by atoms with Gasteiger partial charge in [-0.2, -0.15) is 0 Å². The number of nitrogens with zero attached hydrogens (tertiary/aromatic N) is 1. The summed E-state index contributed by atoms with van der Waals surface area (Å²) in [5, 5.41) is 2.94. The van der Waals surface area contributed by atoms with Crippen molar-refractivity contribution in [1.29, 1.82) is 0 Å². The minimum atomic E-state index is 0.0213. The van der Waals surface area contributed by atoms with Crippen LogP contribution in [-0.4, -0.2) is 42.6 Å². The smallest absolute Gasteiger partial charge is 0.238 e. The maximum absolute atomic E-state index is 12.1. The number of hydrogen-bond acceptors (Lipinski definition) is 3. The molecule has 4 nitrogen and oxygen atoms in total. The van der Waals surface area contributed by atoms with E-state index in [-0.39, 0.29) is 18.1 Å². The van der Waals surface area contributed by atoms with Crippen LogP contribution in [0.4, 0.5) is 5.69 Å². The van der Waals surface area contributed by atoms with Crippen LogP contribution in [0, 0.1) is 6.92 Å². The molecule has 1 heterocycles. The second kappa shape index (κ2) is 6.70. The molecule has 1 fully saturated rings. The maximum Gasteiger partial charge on any atom is 0.238 e. The number of nitrogens with one attached hydrogen (secondary N) is 1. The zero-order chi connectivity index (χ0) is 14.7. The predicted molar refractivity (Wildman–Crippen MR) is 84.0 cm³/mol. The van der Waals surface area contributed by atoms with Gasteiger partial charge in [-0.05, 0) is 44.5 Å². The summed E-state index contributed by atoms with van der Waals surface area (Å²) in [6.45, 7) is 8.10. The van der Waals surface area contributed by atoms with E-state index >= 15 is 0 Å². The third-order valence-corrected chi connectivity index (χ3v) is 4.19. The molecule has 0 spiro atoms. The van der Waals surface area contributed by atoms with E-state index in [0.29, 0.717) is 6.54 Å². The highest BCUT2D eigenvalue weighted by molar-refractivity contribution is 9.10. The molecule has 2 rings (SSSR count). The molecule has 5 heteroatoms. The molecule has 0 saturated carbocycles. The van der Waals surface area contributed by atoms with Crippen LogP contribution in [0.3, 0.4) is 0 Å². The summed E-state index contributed by atoms with van der Waals surface area (Å²) >= 11 is 3.45. The van der Waals surface area contributed by atoms with Gasteiger partial charge >= 0.3 is 0 Å². The average molecular weight is 341 g/mol. The van der Waals surface area contributed by atoms with Crippen molar-refractivity contribution in [2.45, 2.75) is 33.0 Å². The summed E-state index contributed by atoms with van der Waals surface area (Å²) in [7, 11) is 0. The van der Waals surface area contributed by atoms with Gasteiger partial charge in [-0.25, -0.2) is 0 Å². The Morgan fingerprint density at radius 1 is 1.40 bits per heavy atom. The molecule has 0 radical (unpaired) electrons. The summed E-state index contributed by atoms with van der Waals surface area (Å²) in [4.78, 5) is 14.2. The molecule has 2 atom stereocenters. The minimum Gasteiger partial charge on any atom is -0.373 e. The molecule has 2 unspecified atom stereocenters. The van der Waals surface area contributed by atoms with Gasteiger partial charge in [-0.15, -0.1) is 0 Å². The molecule has 0 bridgehead atoms. The molecule has 0 aromatic heterocycles. The Hall–Kier alpha value is -0.910. The van der Waals surface area contributed by atoms with Crippen LogP contribution in [0.2, 0.25) is 0 Å². The summed E-state index contributed by atoms with van der Waals surface area (Å²) in [6.07, 6.45) is 0.364. The van der Waals surface area contributed by atoms with Gasteiger partial charge in [-0.1, -0.05) is 15.9 Å². The number of carbonyl (C=O) groups is 1. The van der Waals surface area contributed by atoms with Crippen molar-refractivity contribution >= 4 is 27.5 Å². The molecule has 1 amide bonds. The number of hydrogen-bond donors (Lipinski definition) is 1. The van der Waals surface area contributed by atoms with Crippen molar-refractivity contribution in [2.75, 3.05) is 25.0 Å². The van der Waals surface area contributed by atoms with Crippen molar-refractivity contribution in [3.63, 3.8) is 0 Å². The number of ether oxygens (including phenoxy) is 1. The average Bonchev–Trinajstić information content (AvgIpc) is 2.32. The first kappa shape index (κ1) is 15.5. The lowest BCUT2D eigenvalue weighted by Crippen LogP contribution is -2.48. The molecule has 0 aliphatic carbocycles. The lowest BCUT2D eigenvalue weighted by Gasteiger charge is -2.34. The van der Waals surface area contributed by atoms with Gasteiger partial charge in [0.05, 0.1) is 18.8 Å². The second-order valence-corrected chi connectivity index (χ2v) is 6.32. The lowest BCUT2D eigenvalue weighted by molar-refractivity contribution is -0.121. The van der Waals surface area contributed by atoms with E-state index < -0.39 is 0 Å². The number of benzene rings is 1. The summed E-state index contributed by atoms with van der Waals surface area (Å²) in [6, 6.07) is 5.82. The predicted octanol–water partition coefficient (Wildman–Crippen LogP) is 2.81. The van der Waals surface area contributed by atoms with Gasteiger partial charge in [0.2, 0.25) is 5.91 Å². The molecule has 1 aliphatic heterocycles. The van der Waals surface area contributed by atoms with E-state index in [1.165, 1.54) is 0 Å². The fourth-order valence-electron chi connectivity index (χ4n) is 2.54. The Labute approximate surface area is 128 Å². The van der Waals surface area contributed by atoms with Crippen LogP contribution in [-0.2, 0) is 9.53 Å². The maximum atomic E-state index is 12.1. The number of carbonyl (C=O) groups excluding carboxylic acids is 1. The van der Waals surface area contributed by atoms with Crippen molar-refractivity contribution < 1.29 is 9.53 Å². The molecular weight excluding hydrogens is 320 g/mol. The Morgan fingerprint density at radius 3 is 2.65 bits per heavy atom. The van der Waals surface area contributed by atoms with Gasteiger partial charge < -0.3 is 10.1 Å². The fraction of sp³-hybridized carbons (Fsp3) is 0.533. The number of aryl methyl sites for hydroxylation is 1. The standard InChI is InChI=1S/C15H21BrN2O2/c1-10-6-13(4-5-14(10)16)17-15(19)9-18-7-11(2)20-12(3)8-18/h4-6,11-12H,7-9H2,1-3H3,(H,17,19). The first-order valence-corrected chi connectivity index (χ1v) is 7.67. The van der Waals surface area contributed by atoms with Crippen molar-refractivity contribution in [3.8, 4) is 0 Å². The number of rotatable bonds is 3. The summed E-state index contributed by atoms with van der Waals surface area (Å²) < 4.78 is 6.71. The third-order valence-electron chi connectivity index (χ3n) is 3.30. The molecule has 20 heavy (non-hydrogen) atoms. The van der Waals surface area contributed by atoms with Gasteiger partial charge in [0.25, 0.3) is 0 Å². The van der Waals surface area contributed by atoms with Crippen LogP contribution in [0.15, 0.2) is 22.7 Å². The number of morpholine rings is 1. The lowest BCUT2D eigenvalue weighted by atomic mass is 10.2. The summed E-state index contributed by atoms with van der Waals surface area (Å²) in [5.74, 6) is 0.0213. The zero-order valence-corrected chi connectivity index (χ0v) is 13.7. The van der Waals surface area contributed by atoms with E-state index in [9.17, 15) is 4.79 Å². The van der Waals surface area contributed by atoms with Gasteiger partial charge in [0.1, 0.15) is 0 Å². The first-order valence-electron chi connectivity index (χ1n) is 6.88. The normalized spacial score (nSPS) is 23.6. The van der Waals surface area contributed by atoms with E-state index in [4.69, 9.17) is 4.74 Å². The molecule has 1 N–H and O–H groups in total. The first-order chi connectivity index (χ1) is 9.44. The van der Waals surface area contributed by atoms with E-state index in [1.54, 1.807) is 0 Å². The van der Waals surface area contributed by atoms with E-state index in [0.717, 1.165) is 28.8 Å². The minimum absolute atomic E-state index is 0.0213. The van der Waals surface area contributed by atoms with Crippen LogP contribution in [0.25, 0.3) is 0 Å². The zero-order valence-electron chi connectivity index (χ0n) is 12.1. The Morgan fingerprint density at radius 2 is 2.05 bits per heavy atom. The molecule has 1 aromatic carbocycles. The van der Waals surface area contributed by atoms with Crippen molar-refractivity contribution in [1.82, 2.24) is 4.90 Å². The number of halogens is 1. The Balaban J connectivity index is 1.90. The van der Waals surface area contributed by atoms with Crippen LogP contribution in [0.1, 0.15) is 19.4 Å². The molecule has 1 aliphatic rings. The summed E-state index contributed by atoms with van der Waals surface area (Å²) in [5.41, 5.74) is 1.95. The number of amides is 1. The van der Waals surface area contributed by atoms with Crippen molar-refractivity contribution in [2.24, 2.45) is 0 Å². The molecule has 110 valence electrons. The number of anilines is 1. The fourth-order valence-corrected chi connectivity index (χ4v) is 2.79. The largest absolute Gasteiger partial charge is 0.373 e. The Bertz CT molecular complexity index is 483. The van der Waals surface area contributed by atoms with Crippen LogP contribution < -0.4 is 5.32 Å². The van der Waals surface area contributed by atoms with Gasteiger partial charge in [0.15, 0.2) is 0 Å². The molecular formula is C15H21BrN2O2. The van der Waals surface area contributed by atoms with E-state index in [2.05, 4.69) is 26.1 Å².